The standard InChI is InChI=1S/C15H18F3NO3S/c1-5-21-14(20)19-13-11(9-10-23(2,3)4)7-6-8-12(13)22-15(16,17)18/h6-8H,5H2,1-4H3,(H,19,20). The van der Waals surface area contributed by atoms with Crippen molar-refractivity contribution in [2.45, 2.75) is 13.3 Å². The summed E-state index contributed by atoms with van der Waals surface area (Å²) in [7, 11) is -1.19. The maximum Gasteiger partial charge on any atom is 0.573 e. The Morgan fingerprint density at radius 3 is 2.48 bits per heavy atom. The van der Waals surface area contributed by atoms with Crippen molar-refractivity contribution in [3.8, 4) is 16.9 Å². The molecule has 1 amide bonds. The highest BCUT2D eigenvalue weighted by Gasteiger charge is 2.32. The zero-order valence-electron chi connectivity index (χ0n) is 13.2. The molecule has 0 aliphatic heterocycles. The van der Waals surface area contributed by atoms with Crippen molar-refractivity contribution in [2.75, 3.05) is 30.7 Å². The molecule has 1 N–H and O–H groups in total. The highest BCUT2D eigenvalue weighted by Crippen LogP contribution is 2.35. The van der Waals surface area contributed by atoms with Gasteiger partial charge in [0.15, 0.2) is 5.75 Å². The summed E-state index contributed by atoms with van der Waals surface area (Å²) in [6.45, 7) is 1.67. The number of alkyl halides is 3. The Balaban J connectivity index is 3.29. The minimum Gasteiger partial charge on any atom is -0.450 e. The fourth-order valence-corrected chi connectivity index (χ4v) is 1.87. The number of nitrogens with one attached hydrogen (secondary N) is 1. The molecule has 4 nitrogen and oxygen atoms in total. The second kappa shape index (κ2) is 7.51. The number of anilines is 1. The zero-order valence-corrected chi connectivity index (χ0v) is 14.0. The molecule has 8 heteroatoms. The van der Waals surface area contributed by atoms with Gasteiger partial charge in [-0.15, -0.1) is 13.2 Å². The Kier molecular flexibility index (Phi) is 6.21. The van der Waals surface area contributed by atoms with Gasteiger partial charge < -0.3 is 9.47 Å². The summed E-state index contributed by atoms with van der Waals surface area (Å²) in [4.78, 5) is 11.6. The molecule has 0 spiro atoms. The van der Waals surface area contributed by atoms with Crippen molar-refractivity contribution < 1.29 is 27.4 Å². The molecule has 0 fully saturated rings. The molecule has 1 rings (SSSR count). The first-order valence-electron chi connectivity index (χ1n) is 6.55. The quantitative estimate of drug-likeness (QED) is 0.834. The van der Waals surface area contributed by atoms with Gasteiger partial charge in [0.05, 0.1) is 12.2 Å². The van der Waals surface area contributed by atoms with Crippen LogP contribution < -0.4 is 10.1 Å². The molecule has 1 aromatic carbocycles. The molecule has 0 unspecified atom stereocenters. The van der Waals surface area contributed by atoms with Gasteiger partial charge in [0.2, 0.25) is 0 Å². The molecule has 0 bridgehead atoms. The van der Waals surface area contributed by atoms with E-state index in [1.165, 1.54) is 12.1 Å². The predicted octanol–water partition coefficient (Wildman–Crippen LogP) is 4.16. The van der Waals surface area contributed by atoms with Gasteiger partial charge in [-0.05, 0) is 43.1 Å². The number of hydrogen-bond acceptors (Lipinski definition) is 3. The molecular formula is C15H18F3NO3S. The van der Waals surface area contributed by atoms with E-state index < -0.39 is 28.2 Å². The first-order chi connectivity index (χ1) is 10.5. The summed E-state index contributed by atoms with van der Waals surface area (Å²) in [6.07, 6.45) is 0.0566. The highest BCUT2D eigenvalue weighted by atomic mass is 32.3. The van der Waals surface area contributed by atoms with E-state index in [2.05, 4.69) is 21.2 Å². The first kappa shape index (κ1) is 19.0. The number of carbonyl (C=O) groups is 1. The fraction of sp³-hybridized carbons (Fsp3) is 0.400. The van der Waals surface area contributed by atoms with Crippen LogP contribution in [0.5, 0.6) is 5.75 Å². The maximum atomic E-state index is 12.5. The highest BCUT2D eigenvalue weighted by molar-refractivity contribution is 8.35. The van der Waals surface area contributed by atoms with Crippen LogP contribution in [0.2, 0.25) is 0 Å². The molecule has 0 aliphatic rings. The number of rotatable bonds is 3. The van der Waals surface area contributed by atoms with E-state index in [0.717, 1.165) is 6.07 Å². The van der Waals surface area contributed by atoms with Gasteiger partial charge in [-0.25, -0.2) is 4.79 Å². The topological polar surface area (TPSA) is 47.6 Å². The fourth-order valence-electron chi connectivity index (χ4n) is 1.45. The Morgan fingerprint density at radius 1 is 1.30 bits per heavy atom. The maximum absolute atomic E-state index is 12.5. The number of halogens is 3. The van der Waals surface area contributed by atoms with Gasteiger partial charge in [-0.3, -0.25) is 5.32 Å². The molecule has 0 aliphatic carbocycles. The van der Waals surface area contributed by atoms with Crippen LogP contribution in [-0.4, -0.2) is 37.8 Å². The number of para-hydroxylation sites is 1. The van der Waals surface area contributed by atoms with Crippen molar-refractivity contribution in [3.05, 3.63) is 23.8 Å². The van der Waals surface area contributed by atoms with Crippen LogP contribution in [0.4, 0.5) is 23.7 Å². The average molecular weight is 349 g/mol. The summed E-state index contributed by atoms with van der Waals surface area (Å²) in [6, 6.07) is 3.98. The largest absolute Gasteiger partial charge is 0.573 e. The molecule has 0 saturated heterocycles. The van der Waals surface area contributed by atoms with Crippen molar-refractivity contribution in [1.29, 1.82) is 0 Å². The predicted molar refractivity (Wildman–Crippen MR) is 86.0 cm³/mol. The lowest BCUT2D eigenvalue weighted by Gasteiger charge is -2.17. The summed E-state index contributed by atoms with van der Waals surface area (Å²) in [5, 5.41) is 5.24. The van der Waals surface area contributed by atoms with Crippen molar-refractivity contribution in [2.24, 2.45) is 0 Å². The van der Waals surface area contributed by atoms with Gasteiger partial charge in [0.25, 0.3) is 0 Å². The second-order valence-corrected chi connectivity index (χ2v) is 9.01. The van der Waals surface area contributed by atoms with E-state index in [-0.39, 0.29) is 17.9 Å². The third kappa shape index (κ3) is 7.19. The molecular weight excluding hydrogens is 331 g/mol. The molecule has 0 saturated carbocycles. The van der Waals surface area contributed by atoms with Crippen LogP contribution >= 0.6 is 10.0 Å². The number of hydrogen-bond donors (Lipinski definition) is 1. The average Bonchev–Trinajstić information content (AvgIpc) is 2.36. The Bertz CT molecular complexity index is 628. The molecule has 0 atom stereocenters. The van der Waals surface area contributed by atoms with Crippen molar-refractivity contribution in [3.63, 3.8) is 0 Å². The number of carbonyl (C=O) groups excluding carboxylic acids is 1. The minimum absolute atomic E-state index is 0.0846. The Labute approximate surface area is 134 Å². The van der Waals surface area contributed by atoms with Crippen LogP contribution in [0.25, 0.3) is 0 Å². The summed E-state index contributed by atoms with van der Waals surface area (Å²) < 4.78 is 46.2. The second-order valence-electron chi connectivity index (χ2n) is 5.14. The lowest BCUT2D eigenvalue weighted by atomic mass is 10.1. The van der Waals surface area contributed by atoms with E-state index in [9.17, 15) is 18.0 Å². The molecule has 0 radical (unpaired) electrons. The minimum atomic E-state index is -4.88. The zero-order chi connectivity index (χ0) is 17.7. The summed E-state index contributed by atoms with van der Waals surface area (Å²) >= 11 is 0. The molecule has 1 aromatic rings. The van der Waals surface area contributed by atoms with Gasteiger partial charge in [0, 0.05) is 0 Å². The smallest absolute Gasteiger partial charge is 0.450 e. The van der Waals surface area contributed by atoms with Crippen molar-refractivity contribution in [1.82, 2.24) is 0 Å². The third-order valence-electron chi connectivity index (χ3n) is 2.25. The Morgan fingerprint density at radius 2 is 1.96 bits per heavy atom. The lowest BCUT2D eigenvalue weighted by Crippen LogP contribution is -2.20. The van der Waals surface area contributed by atoms with Gasteiger partial charge in [0.1, 0.15) is 5.69 Å². The van der Waals surface area contributed by atoms with Gasteiger partial charge in [-0.1, -0.05) is 12.0 Å². The number of ether oxygens (including phenoxy) is 2. The number of amides is 1. The van der Waals surface area contributed by atoms with Crippen LogP contribution in [0.3, 0.4) is 0 Å². The van der Waals surface area contributed by atoms with Crippen LogP contribution in [0.15, 0.2) is 18.2 Å². The monoisotopic (exact) mass is 349 g/mol. The Hall–Kier alpha value is -2.01. The lowest BCUT2D eigenvalue weighted by molar-refractivity contribution is -0.274. The molecule has 23 heavy (non-hydrogen) atoms. The van der Waals surface area contributed by atoms with E-state index >= 15 is 0 Å². The summed E-state index contributed by atoms with van der Waals surface area (Å²) in [5.74, 6) is 2.26. The van der Waals surface area contributed by atoms with Gasteiger partial charge >= 0.3 is 12.5 Å². The third-order valence-corrected chi connectivity index (χ3v) is 2.96. The van der Waals surface area contributed by atoms with Gasteiger partial charge in [-0.2, -0.15) is 10.0 Å². The van der Waals surface area contributed by atoms with E-state index in [1.807, 2.05) is 18.8 Å². The van der Waals surface area contributed by atoms with Crippen LogP contribution in [0, 0.1) is 11.2 Å². The SMILES string of the molecule is CCOC(=O)Nc1c(C#CS(C)(C)C)cccc1OC(F)(F)F. The van der Waals surface area contributed by atoms with Crippen LogP contribution in [-0.2, 0) is 4.74 Å². The first-order valence-corrected chi connectivity index (χ1v) is 9.41. The molecule has 128 valence electrons. The normalized spacial score (nSPS) is 12.0. The van der Waals surface area contributed by atoms with Crippen molar-refractivity contribution >= 4 is 21.8 Å². The van der Waals surface area contributed by atoms with Crippen LogP contribution in [0.1, 0.15) is 12.5 Å². The molecule has 0 aromatic heterocycles. The summed E-state index contributed by atoms with van der Waals surface area (Å²) in [5.41, 5.74) is 0.0571. The van der Waals surface area contributed by atoms with E-state index in [1.54, 1.807) is 6.92 Å². The number of benzene rings is 1. The van der Waals surface area contributed by atoms with E-state index in [0.29, 0.717) is 0 Å². The van der Waals surface area contributed by atoms with E-state index in [4.69, 9.17) is 4.74 Å². The molecule has 0 heterocycles.